The van der Waals surface area contributed by atoms with Gasteiger partial charge in [0.05, 0.1) is 11.3 Å². The molecule has 23 heavy (non-hydrogen) atoms. The third kappa shape index (κ3) is 3.27. The number of rotatable bonds is 4. The largest absolute Gasteiger partial charge is 0.338 e. The standard InChI is InChI=1S/C17H23N5O/c1-12-8-13(2)22(20-12)16-5-4-15(10-19-16)17(23)21-7-6-14(11-21)9-18-3/h4-5,8,10,14,18H,6-7,9,11H2,1-3H3. The third-order valence-electron chi connectivity index (χ3n) is 4.29. The zero-order valence-corrected chi connectivity index (χ0v) is 13.9. The van der Waals surface area contributed by atoms with Gasteiger partial charge in [-0.15, -0.1) is 0 Å². The van der Waals surface area contributed by atoms with Crippen LogP contribution in [0, 0.1) is 19.8 Å². The summed E-state index contributed by atoms with van der Waals surface area (Å²) in [6, 6.07) is 5.70. The molecule has 0 spiro atoms. The third-order valence-corrected chi connectivity index (χ3v) is 4.29. The minimum absolute atomic E-state index is 0.0658. The summed E-state index contributed by atoms with van der Waals surface area (Å²) in [5.41, 5.74) is 2.63. The Morgan fingerprint density at radius 1 is 1.39 bits per heavy atom. The van der Waals surface area contributed by atoms with Gasteiger partial charge in [-0.3, -0.25) is 4.79 Å². The van der Waals surface area contributed by atoms with Crippen LogP contribution < -0.4 is 5.32 Å². The fourth-order valence-corrected chi connectivity index (χ4v) is 3.15. The second-order valence-corrected chi connectivity index (χ2v) is 6.21. The molecule has 6 heteroatoms. The number of aryl methyl sites for hydroxylation is 2. The van der Waals surface area contributed by atoms with E-state index in [0.717, 1.165) is 43.3 Å². The number of carbonyl (C=O) groups excluding carboxylic acids is 1. The molecule has 6 nitrogen and oxygen atoms in total. The van der Waals surface area contributed by atoms with Crippen molar-refractivity contribution in [1.29, 1.82) is 0 Å². The first-order chi connectivity index (χ1) is 11.1. The summed E-state index contributed by atoms with van der Waals surface area (Å²) in [5, 5.41) is 7.60. The molecule has 2 aromatic heterocycles. The van der Waals surface area contributed by atoms with Crippen LogP contribution in [0.3, 0.4) is 0 Å². The molecule has 0 saturated carbocycles. The normalized spacial score (nSPS) is 17.7. The van der Waals surface area contributed by atoms with Crippen molar-refractivity contribution in [2.24, 2.45) is 5.92 Å². The van der Waals surface area contributed by atoms with Crippen LogP contribution in [-0.4, -0.2) is 52.3 Å². The van der Waals surface area contributed by atoms with Crippen LogP contribution in [0.1, 0.15) is 28.2 Å². The van der Waals surface area contributed by atoms with Gasteiger partial charge < -0.3 is 10.2 Å². The van der Waals surface area contributed by atoms with Gasteiger partial charge in [0.15, 0.2) is 5.82 Å². The molecular weight excluding hydrogens is 290 g/mol. The quantitative estimate of drug-likeness (QED) is 0.930. The van der Waals surface area contributed by atoms with Gasteiger partial charge in [-0.2, -0.15) is 5.10 Å². The Morgan fingerprint density at radius 2 is 2.22 bits per heavy atom. The summed E-state index contributed by atoms with van der Waals surface area (Å²) in [6.45, 7) is 6.55. The summed E-state index contributed by atoms with van der Waals surface area (Å²) in [6.07, 6.45) is 2.71. The Labute approximate surface area is 136 Å². The molecule has 1 N–H and O–H groups in total. The first-order valence-corrected chi connectivity index (χ1v) is 8.02. The molecule has 122 valence electrons. The lowest BCUT2D eigenvalue weighted by molar-refractivity contribution is 0.0787. The Hall–Kier alpha value is -2.21. The second kappa shape index (κ2) is 6.50. The SMILES string of the molecule is CNCC1CCN(C(=O)c2ccc(-n3nc(C)cc3C)nc2)C1. The van der Waals surface area contributed by atoms with Crippen molar-refractivity contribution in [1.82, 2.24) is 25.0 Å². The maximum Gasteiger partial charge on any atom is 0.255 e. The lowest BCUT2D eigenvalue weighted by Crippen LogP contribution is -2.30. The first-order valence-electron chi connectivity index (χ1n) is 8.02. The van der Waals surface area contributed by atoms with Gasteiger partial charge in [0, 0.05) is 25.0 Å². The first kappa shape index (κ1) is 15.7. The highest BCUT2D eigenvalue weighted by molar-refractivity contribution is 5.94. The van der Waals surface area contributed by atoms with Gasteiger partial charge in [0.1, 0.15) is 0 Å². The summed E-state index contributed by atoms with van der Waals surface area (Å²) in [4.78, 5) is 18.9. The molecule has 2 aromatic rings. The average Bonchev–Trinajstić information content (AvgIpc) is 3.14. The van der Waals surface area contributed by atoms with Crippen LogP contribution in [0.25, 0.3) is 5.82 Å². The molecule has 3 rings (SSSR count). The zero-order chi connectivity index (χ0) is 16.4. The lowest BCUT2D eigenvalue weighted by atomic mass is 10.1. The molecule has 1 aliphatic heterocycles. The van der Waals surface area contributed by atoms with Gasteiger partial charge in [-0.05, 0) is 58.0 Å². The lowest BCUT2D eigenvalue weighted by Gasteiger charge is -2.16. The van der Waals surface area contributed by atoms with Crippen molar-refractivity contribution in [2.75, 3.05) is 26.7 Å². The highest BCUT2D eigenvalue weighted by Crippen LogP contribution is 2.18. The number of amides is 1. The highest BCUT2D eigenvalue weighted by atomic mass is 16.2. The number of nitrogens with one attached hydrogen (secondary N) is 1. The Bertz CT molecular complexity index is 692. The molecule has 1 fully saturated rings. The molecular formula is C17H23N5O. The number of pyridine rings is 1. The Balaban J connectivity index is 1.72. The molecule has 1 atom stereocenters. The Morgan fingerprint density at radius 3 is 2.83 bits per heavy atom. The predicted octanol–water partition coefficient (Wildman–Crippen LogP) is 1.57. The van der Waals surface area contributed by atoms with Crippen molar-refractivity contribution < 1.29 is 4.79 Å². The topological polar surface area (TPSA) is 63.1 Å². The molecule has 1 saturated heterocycles. The molecule has 0 aliphatic carbocycles. The fraction of sp³-hybridized carbons (Fsp3) is 0.471. The maximum absolute atomic E-state index is 12.6. The van der Waals surface area contributed by atoms with E-state index in [-0.39, 0.29) is 5.91 Å². The highest BCUT2D eigenvalue weighted by Gasteiger charge is 2.26. The summed E-state index contributed by atoms with van der Waals surface area (Å²) in [7, 11) is 1.95. The number of carbonyl (C=O) groups is 1. The van der Waals surface area contributed by atoms with Crippen LogP contribution in [0.15, 0.2) is 24.4 Å². The van der Waals surface area contributed by atoms with Crippen LogP contribution in [0.5, 0.6) is 0 Å². The van der Waals surface area contributed by atoms with E-state index in [1.165, 1.54) is 0 Å². The van der Waals surface area contributed by atoms with Crippen molar-refractivity contribution >= 4 is 5.91 Å². The van der Waals surface area contributed by atoms with E-state index in [1.54, 1.807) is 10.9 Å². The van der Waals surface area contributed by atoms with Gasteiger partial charge >= 0.3 is 0 Å². The van der Waals surface area contributed by atoms with Crippen molar-refractivity contribution in [3.63, 3.8) is 0 Å². The van der Waals surface area contributed by atoms with E-state index in [1.807, 2.05) is 44.0 Å². The van der Waals surface area contributed by atoms with E-state index in [9.17, 15) is 4.79 Å². The average molecular weight is 313 g/mol. The fourth-order valence-electron chi connectivity index (χ4n) is 3.15. The minimum Gasteiger partial charge on any atom is -0.338 e. The van der Waals surface area contributed by atoms with E-state index < -0.39 is 0 Å². The monoisotopic (exact) mass is 313 g/mol. The van der Waals surface area contributed by atoms with Crippen molar-refractivity contribution in [3.8, 4) is 5.82 Å². The summed E-state index contributed by atoms with van der Waals surface area (Å²) < 4.78 is 1.79. The molecule has 1 amide bonds. The summed E-state index contributed by atoms with van der Waals surface area (Å²) >= 11 is 0. The molecule has 0 radical (unpaired) electrons. The summed E-state index contributed by atoms with van der Waals surface area (Å²) in [5.74, 6) is 1.35. The van der Waals surface area contributed by atoms with Crippen LogP contribution in [0.4, 0.5) is 0 Å². The van der Waals surface area contributed by atoms with Crippen LogP contribution in [0.2, 0.25) is 0 Å². The number of hydrogen-bond acceptors (Lipinski definition) is 4. The second-order valence-electron chi connectivity index (χ2n) is 6.21. The molecule has 1 aliphatic rings. The minimum atomic E-state index is 0.0658. The number of nitrogens with zero attached hydrogens (tertiary/aromatic N) is 4. The van der Waals surface area contributed by atoms with Gasteiger partial charge in [0.25, 0.3) is 5.91 Å². The Kier molecular flexibility index (Phi) is 4.43. The van der Waals surface area contributed by atoms with Crippen molar-refractivity contribution in [3.05, 3.63) is 41.3 Å². The van der Waals surface area contributed by atoms with E-state index in [2.05, 4.69) is 15.4 Å². The number of hydrogen-bond donors (Lipinski definition) is 1. The zero-order valence-electron chi connectivity index (χ0n) is 13.9. The number of aromatic nitrogens is 3. The molecule has 3 heterocycles. The maximum atomic E-state index is 12.6. The van der Waals surface area contributed by atoms with E-state index >= 15 is 0 Å². The van der Waals surface area contributed by atoms with Gasteiger partial charge in [-0.1, -0.05) is 0 Å². The van der Waals surface area contributed by atoms with Gasteiger partial charge in [-0.25, -0.2) is 9.67 Å². The van der Waals surface area contributed by atoms with Crippen molar-refractivity contribution in [2.45, 2.75) is 20.3 Å². The molecule has 1 unspecified atom stereocenters. The van der Waals surface area contributed by atoms with E-state index in [0.29, 0.717) is 11.5 Å². The molecule has 0 bridgehead atoms. The van der Waals surface area contributed by atoms with Gasteiger partial charge in [0.2, 0.25) is 0 Å². The van der Waals surface area contributed by atoms with Crippen LogP contribution >= 0.6 is 0 Å². The van der Waals surface area contributed by atoms with E-state index in [4.69, 9.17) is 0 Å². The number of likely N-dealkylation sites (tertiary alicyclic amines) is 1. The predicted molar refractivity (Wildman–Crippen MR) is 88.8 cm³/mol. The van der Waals surface area contributed by atoms with Crippen LogP contribution in [-0.2, 0) is 0 Å². The molecule has 0 aromatic carbocycles. The smallest absolute Gasteiger partial charge is 0.255 e.